The van der Waals surface area contributed by atoms with Gasteiger partial charge in [-0.25, -0.2) is 9.18 Å². The van der Waals surface area contributed by atoms with Crippen LogP contribution in [0.25, 0.3) is 0 Å². The molecule has 3 heteroatoms. The fourth-order valence-corrected chi connectivity index (χ4v) is 8.28. The highest BCUT2D eigenvalue weighted by Crippen LogP contribution is 2.46. The molecule has 1 unspecified atom stereocenters. The van der Waals surface area contributed by atoms with E-state index >= 15 is 4.39 Å². The summed E-state index contributed by atoms with van der Waals surface area (Å²) in [6, 6.07) is 4.07. The Bertz CT molecular complexity index is 855. The van der Waals surface area contributed by atoms with E-state index in [1.807, 2.05) is 6.07 Å². The first-order valence-electron chi connectivity index (χ1n) is 15.1. The van der Waals surface area contributed by atoms with Crippen LogP contribution < -0.4 is 0 Å². The van der Waals surface area contributed by atoms with Crippen LogP contribution in [0, 0.1) is 35.4 Å². The predicted octanol–water partition coefficient (Wildman–Crippen LogP) is 9.00. The fourth-order valence-electron chi connectivity index (χ4n) is 8.28. The molecule has 194 valence electrons. The van der Waals surface area contributed by atoms with Crippen molar-refractivity contribution in [2.75, 3.05) is 0 Å². The molecule has 3 saturated carbocycles. The summed E-state index contributed by atoms with van der Waals surface area (Å²) in [7, 11) is 0. The van der Waals surface area contributed by atoms with Crippen molar-refractivity contribution in [3.8, 4) is 0 Å². The molecular weight excluding hydrogens is 435 g/mol. The molecular formula is C32H47FO2. The summed E-state index contributed by atoms with van der Waals surface area (Å²) in [5.74, 6) is 3.49. The third-order valence-electron chi connectivity index (χ3n) is 10.6. The van der Waals surface area contributed by atoms with E-state index in [4.69, 9.17) is 4.74 Å². The van der Waals surface area contributed by atoms with Crippen LogP contribution in [0.3, 0.4) is 0 Å². The van der Waals surface area contributed by atoms with Gasteiger partial charge in [0.25, 0.3) is 0 Å². The Morgan fingerprint density at radius 1 is 0.800 bits per heavy atom. The van der Waals surface area contributed by atoms with Gasteiger partial charge in [0.05, 0.1) is 5.56 Å². The Balaban J connectivity index is 1.19. The lowest BCUT2D eigenvalue weighted by Crippen LogP contribution is -2.36. The first kappa shape index (κ1) is 25.3. The number of esters is 1. The van der Waals surface area contributed by atoms with Gasteiger partial charge in [0.1, 0.15) is 11.9 Å². The summed E-state index contributed by atoms with van der Waals surface area (Å²) < 4.78 is 21.6. The van der Waals surface area contributed by atoms with Gasteiger partial charge >= 0.3 is 5.97 Å². The van der Waals surface area contributed by atoms with Crippen molar-refractivity contribution in [1.29, 1.82) is 0 Å². The van der Waals surface area contributed by atoms with Crippen molar-refractivity contribution >= 4 is 5.97 Å². The van der Waals surface area contributed by atoms with Crippen molar-refractivity contribution < 1.29 is 13.9 Å². The van der Waals surface area contributed by atoms with E-state index < -0.39 is 5.97 Å². The molecule has 5 rings (SSSR count). The number of fused-ring (bicyclic) bond motifs is 1. The van der Waals surface area contributed by atoms with E-state index in [1.54, 1.807) is 0 Å². The van der Waals surface area contributed by atoms with Crippen molar-refractivity contribution in [3.05, 3.63) is 34.6 Å². The molecule has 0 saturated heterocycles. The molecule has 0 aromatic heterocycles. The number of carbonyl (C=O) groups is 1. The number of halogens is 1. The van der Waals surface area contributed by atoms with Crippen molar-refractivity contribution in [1.82, 2.24) is 0 Å². The lowest BCUT2D eigenvalue weighted by Gasteiger charge is -2.38. The van der Waals surface area contributed by atoms with Crippen LogP contribution in [0.15, 0.2) is 12.1 Å². The molecule has 3 fully saturated rings. The first-order chi connectivity index (χ1) is 17.1. The minimum Gasteiger partial charge on any atom is -0.458 e. The van der Waals surface area contributed by atoms with Crippen LogP contribution in [0.5, 0.6) is 0 Å². The van der Waals surface area contributed by atoms with Gasteiger partial charge in [-0.2, -0.15) is 0 Å². The van der Waals surface area contributed by atoms with Crippen LogP contribution in [0.1, 0.15) is 138 Å². The van der Waals surface area contributed by atoms with E-state index in [2.05, 4.69) is 19.9 Å². The van der Waals surface area contributed by atoms with Gasteiger partial charge < -0.3 is 4.74 Å². The smallest absolute Gasteiger partial charge is 0.341 e. The highest BCUT2D eigenvalue weighted by molar-refractivity contribution is 5.93. The second-order valence-electron chi connectivity index (χ2n) is 12.5. The molecule has 1 aliphatic heterocycles. The number of rotatable bonds is 6. The third kappa shape index (κ3) is 5.49. The van der Waals surface area contributed by atoms with Crippen molar-refractivity contribution in [2.24, 2.45) is 29.6 Å². The summed E-state index contributed by atoms with van der Waals surface area (Å²) in [5, 5.41) is 0. The van der Waals surface area contributed by atoms with Gasteiger partial charge in [0.2, 0.25) is 0 Å². The van der Waals surface area contributed by atoms with E-state index in [9.17, 15) is 4.79 Å². The Hall–Kier alpha value is -1.38. The lowest BCUT2D eigenvalue weighted by atomic mass is 9.67. The molecule has 1 heterocycles. The molecule has 0 radical (unpaired) electrons. The van der Waals surface area contributed by atoms with E-state index in [0.29, 0.717) is 12.3 Å². The lowest BCUT2D eigenvalue weighted by molar-refractivity contribution is -0.000815. The van der Waals surface area contributed by atoms with Crippen LogP contribution in [0.4, 0.5) is 4.39 Å². The minimum atomic E-state index is -0.411. The normalized spacial score (nSPS) is 35.9. The SMILES string of the molecule is CCCC1CCC(C2CCC(c3ccc4c(c3F)C(=O)OC(C3CCC(CC)CC3)C4)CC2)CC1. The molecule has 1 atom stereocenters. The maximum Gasteiger partial charge on any atom is 0.341 e. The average Bonchev–Trinajstić information content (AvgIpc) is 2.89. The average molecular weight is 483 g/mol. The number of hydrogen-bond donors (Lipinski definition) is 0. The summed E-state index contributed by atoms with van der Waals surface area (Å²) in [4.78, 5) is 13.0. The number of ether oxygens (including phenoxy) is 1. The minimum absolute atomic E-state index is 0.0686. The molecule has 1 aromatic rings. The summed E-state index contributed by atoms with van der Waals surface area (Å²) in [6.45, 7) is 4.58. The molecule has 35 heavy (non-hydrogen) atoms. The topological polar surface area (TPSA) is 26.3 Å². The molecule has 1 aromatic carbocycles. The molecule has 2 nitrogen and oxygen atoms in total. The highest BCUT2D eigenvalue weighted by Gasteiger charge is 2.38. The highest BCUT2D eigenvalue weighted by atomic mass is 19.1. The molecule has 0 N–H and O–H groups in total. The number of carbonyl (C=O) groups excluding carboxylic acids is 1. The standard InChI is InChI=1S/C32H47FO2/c1-3-5-22-8-10-23(11-9-22)24-14-16-25(17-15-24)28-19-18-27-20-29(35-32(34)30(27)31(28)33)26-12-6-21(4-2)7-13-26/h18-19,21-26,29H,3-17,20H2,1-2H3. The van der Waals surface area contributed by atoms with E-state index in [-0.39, 0.29) is 23.4 Å². The molecule has 4 aliphatic rings. The number of hydrogen-bond acceptors (Lipinski definition) is 2. The Labute approximate surface area is 212 Å². The quantitative estimate of drug-likeness (QED) is 0.378. The van der Waals surface area contributed by atoms with Crippen molar-refractivity contribution in [2.45, 2.75) is 129 Å². The Morgan fingerprint density at radius 2 is 1.40 bits per heavy atom. The predicted molar refractivity (Wildman–Crippen MR) is 140 cm³/mol. The zero-order valence-electron chi connectivity index (χ0n) is 22.2. The molecule has 3 aliphatic carbocycles. The van der Waals surface area contributed by atoms with Crippen molar-refractivity contribution in [3.63, 3.8) is 0 Å². The van der Waals surface area contributed by atoms with Gasteiger partial charge in [-0.3, -0.25) is 0 Å². The molecule has 0 spiro atoms. The van der Waals surface area contributed by atoms with Crippen LogP contribution in [0.2, 0.25) is 0 Å². The molecule has 0 bridgehead atoms. The summed E-state index contributed by atoms with van der Waals surface area (Å²) in [6.07, 6.45) is 19.5. The first-order valence-corrected chi connectivity index (χ1v) is 15.1. The molecule has 0 amide bonds. The largest absolute Gasteiger partial charge is 0.458 e. The van der Waals surface area contributed by atoms with Crippen LogP contribution in [-0.2, 0) is 11.2 Å². The fraction of sp³-hybridized carbons (Fsp3) is 0.781. The summed E-state index contributed by atoms with van der Waals surface area (Å²) in [5.41, 5.74) is 1.90. The Kier molecular flexibility index (Phi) is 8.19. The maximum absolute atomic E-state index is 15.7. The second kappa shape index (κ2) is 11.3. The van der Waals surface area contributed by atoms with Gasteiger partial charge in [0, 0.05) is 6.42 Å². The summed E-state index contributed by atoms with van der Waals surface area (Å²) >= 11 is 0. The monoisotopic (exact) mass is 482 g/mol. The number of benzene rings is 1. The van der Waals surface area contributed by atoms with E-state index in [0.717, 1.165) is 60.5 Å². The second-order valence-corrected chi connectivity index (χ2v) is 12.5. The third-order valence-corrected chi connectivity index (χ3v) is 10.6. The van der Waals surface area contributed by atoms with Gasteiger partial charge in [-0.05, 0) is 98.0 Å². The maximum atomic E-state index is 15.7. The number of cyclic esters (lactones) is 1. The van der Waals surface area contributed by atoms with E-state index in [1.165, 1.54) is 70.6 Å². The zero-order chi connectivity index (χ0) is 24.4. The van der Waals surface area contributed by atoms with Gasteiger partial charge in [-0.15, -0.1) is 0 Å². The van der Waals surface area contributed by atoms with Crippen LogP contribution in [-0.4, -0.2) is 12.1 Å². The van der Waals surface area contributed by atoms with Gasteiger partial charge in [-0.1, -0.05) is 70.9 Å². The Morgan fingerprint density at radius 3 is 2.03 bits per heavy atom. The zero-order valence-corrected chi connectivity index (χ0v) is 22.2. The van der Waals surface area contributed by atoms with Crippen LogP contribution >= 0.6 is 0 Å². The van der Waals surface area contributed by atoms with Gasteiger partial charge in [0.15, 0.2) is 0 Å².